The molecule has 1 aromatic carbocycles. The summed E-state index contributed by atoms with van der Waals surface area (Å²) in [6.07, 6.45) is 0.599. The van der Waals surface area contributed by atoms with E-state index in [1.165, 1.54) is 0 Å². The Morgan fingerprint density at radius 2 is 1.89 bits per heavy atom. The van der Waals surface area contributed by atoms with E-state index >= 15 is 0 Å². The van der Waals surface area contributed by atoms with Gasteiger partial charge in [-0.15, -0.1) is 0 Å². The zero-order valence-electron chi connectivity index (χ0n) is 9.75. The van der Waals surface area contributed by atoms with Crippen LogP contribution in [-0.4, -0.2) is 16.3 Å². The number of carbonyl (C=O) groups is 1. The minimum absolute atomic E-state index is 0.102. The molecule has 2 aromatic rings. The van der Waals surface area contributed by atoms with Gasteiger partial charge in [0.25, 0.3) is 0 Å². The molecule has 0 amide bonds. The number of aromatic nitrogens is 2. The highest BCUT2D eigenvalue weighted by molar-refractivity contribution is 6.42. The molecule has 1 aromatic heterocycles. The standard InChI is InChI=1S/C12H8Cl3N3O/c1-6-16-11(15)8(5-19)12(17-6)18-7-2-3-9(13)10(14)4-7/h2-5H,1H3,(H,16,17,18). The fourth-order valence-electron chi connectivity index (χ4n) is 1.46. The molecule has 0 aliphatic rings. The number of aldehydes is 1. The molecule has 0 radical (unpaired) electrons. The summed E-state index contributed by atoms with van der Waals surface area (Å²) in [7, 11) is 0. The Hall–Kier alpha value is -1.36. The van der Waals surface area contributed by atoms with Gasteiger partial charge in [0, 0.05) is 5.69 Å². The number of rotatable bonds is 3. The minimum Gasteiger partial charge on any atom is -0.339 e. The van der Waals surface area contributed by atoms with Crippen LogP contribution in [0.4, 0.5) is 11.5 Å². The zero-order valence-corrected chi connectivity index (χ0v) is 12.0. The molecule has 0 bridgehead atoms. The van der Waals surface area contributed by atoms with Crippen LogP contribution in [0.25, 0.3) is 0 Å². The van der Waals surface area contributed by atoms with Gasteiger partial charge >= 0.3 is 0 Å². The van der Waals surface area contributed by atoms with Crippen molar-refractivity contribution in [2.45, 2.75) is 6.92 Å². The van der Waals surface area contributed by atoms with E-state index in [4.69, 9.17) is 34.8 Å². The van der Waals surface area contributed by atoms with Gasteiger partial charge in [0.15, 0.2) is 6.29 Å². The van der Waals surface area contributed by atoms with Gasteiger partial charge in [0.05, 0.1) is 15.6 Å². The van der Waals surface area contributed by atoms with Crippen LogP contribution in [0.2, 0.25) is 15.2 Å². The molecule has 2 rings (SSSR count). The molecule has 4 nitrogen and oxygen atoms in total. The van der Waals surface area contributed by atoms with E-state index in [2.05, 4.69) is 15.3 Å². The Morgan fingerprint density at radius 1 is 1.16 bits per heavy atom. The number of hydrogen-bond acceptors (Lipinski definition) is 4. The first kappa shape index (κ1) is 14.1. The summed E-state index contributed by atoms with van der Waals surface area (Å²) in [5, 5.41) is 3.91. The summed E-state index contributed by atoms with van der Waals surface area (Å²) >= 11 is 17.6. The Balaban J connectivity index is 2.42. The second kappa shape index (κ2) is 5.74. The van der Waals surface area contributed by atoms with E-state index in [9.17, 15) is 4.79 Å². The van der Waals surface area contributed by atoms with Gasteiger partial charge in [0.1, 0.15) is 16.8 Å². The SMILES string of the molecule is Cc1nc(Cl)c(C=O)c(Nc2ccc(Cl)c(Cl)c2)n1. The molecule has 1 heterocycles. The Bertz CT molecular complexity index is 646. The number of halogens is 3. The van der Waals surface area contributed by atoms with Crippen molar-refractivity contribution >= 4 is 52.6 Å². The van der Waals surface area contributed by atoms with Gasteiger partial charge in [-0.05, 0) is 25.1 Å². The molecule has 1 N–H and O–H groups in total. The number of benzene rings is 1. The topological polar surface area (TPSA) is 54.9 Å². The van der Waals surface area contributed by atoms with Crippen LogP contribution >= 0.6 is 34.8 Å². The predicted molar refractivity (Wildman–Crippen MR) is 76.9 cm³/mol. The van der Waals surface area contributed by atoms with Crippen LogP contribution in [0.15, 0.2) is 18.2 Å². The third kappa shape index (κ3) is 3.15. The Morgan fingerprint density at radius 3 is 2.53 bits per heavy atom. The molecule has 0 unspecified atom stereocenters. The van der Waals surface area contributed by atoms with Crippen molar-refractivity contribution in [2.75, 3.05) is 5.32 Å². The number of hydrogen-bond donors (Lipinski definition) is 1. The average molecular weight is 317 g/mol. The summed E-state index contributed by atoms with van der Waals surface area (Å²) in [6, 6.07) is 4.99. The molecule has 0 aliphatic carbocycles. The lowest BCUT2D eigenvalue weighted by Crippen LogP contribution is -2.03. The maximum atomic E-state index is 11.0. The highest BCUT2D eigenvalue weighted by Gasteiger charge is 2.11. The lowest BCUT2D eigenvalue weighted by Gasteiger charge is -2.10. The van der Waals surface area contributed by atoms with Crippen LogP contribution in [-0.2, 0) is 0 Å². The Kier molecular flexibility index (Phi) is 4.24. The van der Waals surface area contributed by atoms with Gasteiger partial charge in [-0.3, -0.25) is 4.79 Å². The van der Waals surface area contributed by atoms with Gasteiger partial charge in [-0.25, -0.2) is 9.97 Å². The molecule has 19 heavy (non-hydrogen) atoms. The normalized spacial score (nSPS) is 10.3. The second-order valence-corrected chi connectivity index (χ2v) is 4.87. The van der Waals surface area contributed by atoms with E-state index in [1.54, 1.807) is 25.1 Å². The summed E-state index contributed by atoms with van der Waals surface area (Å²) < 4.78 is 0. The molecule has 98 valence electrons. The zero-order chi connectivity index (χ0) is 14.0. The molecule has 0 saturated heterocycles. The summed E-state index contributed by atoms with van der Waals surface area (Å²) in [5.74, 6) is 0.782. The number of nitrogens with one attached hydrogen (secondary N) is 1. The van der Waals surface area contributed by atoms with Crippen LogP contribution in [0, 0.1) is 6.92 Å². The highest BCUT2D eigenvalue weighted by Crippen LogP contribution is 2.28. The average Bonchev–Trinajstić information content (AvgIpc) is 2.33. The molecule has 0 aliphatic heterocycles. The lowest BCUT2D eigenvalue weighted by atomic mass is 10.3. The molecule has 0 saturated carbocycles. The molecular weight excluding hydrogens is 309 g/mol. The minimum atomic E-state index is 0.102. The second-order valence-electron chi connectivity index (χ2n) is 3.70. The van der Waals surface area contributed by atoms with Crippen LogP contribution in [0.5, 0.6) is 0 Å². The van der Waals surface area contributed by atoms with Crippen molar-refractivity contribution < 1.29 is 4.79 Å². The van der Waals surface area contributed by atoms with Crippen molar-refractivity contribution in [1.82, 2.24) is 9.97 Å². The fraction of sp³-hybridized carbons (Fsp3) is 0.0833. The van der Waals surface area contributed by atoms with Crippen molar-refractivity contribution in [1.29, 1.82) is 0 Å². The highest BCUT2D eigenvalue weighted by atomic mass is 35.5. The molecule has 7 heteroatoms. The molecule has 0 spiro atoms. The summed E-state index contributed by atoms with van der Waals surface area (Å²) in [6.45, 7) is 1.68. The lowest BCUT2D eigenvalue weighted by molar-refractivity contribution is 0.112. The first-order valence-corrected chi connectivity index (χ1v) is 6.36. The number of aryl methyl sites for hydroxylation is 1. The molecule has 0 fully saturated rings. The number of carbonyl (C=O) groups excluding carboxylic acids is 1. The van der Waals surface area contributed by atoms with Gasteiger partial charge in [-0.2, -0.15) is 0 Å². The number of anilines is 2. The van der Waals surface area contributed by atoms with E-state index < -0.39 is 0 Å². The van der Waals surface area contributed by atoms with Crippen molar-refractivity contribution in [2.24, 2.45) is 0 Å². The Labute approximate surface area is 124 Å². The monoisotopic (exact) mass is 315 g/mol. The van der Waals surface area contributed by atoms with Crippen LogP contribution < -0.4 is 5.32 Å². The smallest absolute Gasteiger partial charge is 0.156 e. The summed E-state index contributed by atoms with van der Waals surface area (Å²) in [5.41, 5.74) is 0.838. The first-order chi connectivity index (χ1) is 9.01. The van der Waals surface area contributed by atoms with Crippen molar-refractivity contribution in [3.8, 4) is 0 Å². The van der Waals surface area contributed by atoms with E-state index in [0.717, 1.165) is 0 Å². The predicted octanol–water partition coefficient (Wildman–Crippen LogP) is 4.30. The van der Waals surface area contributed by atoms with Gasteiger partial charge < -0.3 is 5.32 Å². The molecular formula is C12H8Cl3N3O. The largest absolute Gasteiger partial charge is 0.339 e. The maximum absolute atomic E-state index is 11.0. The quantitative estimate of drug-likeness (QED) is 0.677. The maximum Gasteiger partial charge on any atom is 0.156 e. The summed E-state index contributed by atoms with van der Waals surface area (Å²) in [4.78, 5) is 19.1. The van der Waals surface area contributed by atoms with E-state index in [0.29, 0.717) is 33.7 Å². The van der Waals surface area contributed by atoms with Crippen molar-refractivity contribution in [3.05, 3.63) is 44.8 Å². The van der Waals surface area contributed by atoms with E-state index in [-0.39, 0.29) is 10.7 Å². The fourth-order valence-corrected chi connectivity index (χ4v) is 2.01. The van der Waals surface area contributed by atoms with E-state index in [1.807, 2.05) is 0 Å². The third-order valence-corrected chi connectivity index (χ3v) is 3.34. The van der Waals surface area contributed by atoms with Crippen LogP contribution in [0.3, 0.4) is 0 Å². The first-order valence-electron chi connectivity index (χ1n) is 5.22. The van der Waals surface area contributed by atoms with Gasteiger partial charge in [0.2, 0.25) is 0 Å². The van der Waals surface area contributed by atoms with Crippen LogP contribution in [0.1, 0.15) is 16.2 Å². The van der Waals surface area contributed by atoms with Gasteiger partial charge in [-0.1, -0.05) is 34.8 Å². The number of nitrogens with zero attached hydrogens (tertiary/aromatic N) is 2. The van der Waals surface area contributed by atoms with Crippen molar-refractivity contribution in [3.63, 3.8) is 0 Å². The third-order valence-electron chi connectivity index (χ3n) is 2.31. The molecule has 0 atom stereocenters.